The molecule has 0 aliphatic rings. The Bertz CT molecular complexity index is 327. The second kappa shape index (κ2) is 3.66. The maximum atomic E-state index is 5.27. The van der Waals surface area contributed by atoms with E-state index < -0.39 is 0 Å². The van der Waals surface area contributed by atoms with Gasteiger partial charge in [-0.2, -0.15) is 0 Å². The fraction of sp³-hybridized carbons (Fsp3) is 0.700. The van der Waals surface area contributed by atoms with Crippen LogP contribution >= 0.6 is 12.2 Å². The highest BCUT2D eigenvalue weighted by molar-refractivity contribution is 7.71. The lowest BCUT2D eigenvalue weighted by Crippen LogP contribution is -2.23. The maximum Gasteiger partial charge on any atom is 0.122 e. The largest absolute Gasteiger partial charge is 0.301 e. The number of nitrogens with zero attached hydrogens (tertiary/aromatic N) is 1. The Hall–Kier alpha value is -0.570. The molecule has 1 aromatic rings. The average molecular weight is 198 g/mol. The van der Waals surface area contributed by atoms with Crippen molar-refractivity contribution in [2.75, 3.05) is 0 Å². The monoisotopic (exact) mass is 198 g/mol. The van der Waals surface area contributed by atoms with Gasteiger partial charge in [0.05, 0.1) is 5.54 Å². The molecule has 0 bridgehead atoms. The lowest BCUT2D eigenvalue weighted by atomic mass is 10.1. The van der Waals surface area contributed by atoms with Crippen LogP contribution in [0.25, 0.3) is 0 Å². The molecule has 1 N–H and O–H groups in total. The summed E-state index contributed by atoms with van der Waals surface area (Å²) in [5, 5.41) is 3.33. The van der Waals surface area contributed by atoms with Crippen molar-refractivity contribution >= 4 is 12.2 Å². The molecule has 0 radical (unpaired) electrons. The molecule has 2 nitrogen and oxygen atoms in total. The van der Waals surface area contributed by atoms with E-state index in [9.17, 15) is 0 Å². The van der Waals surface area contributed by atoms with E-state index in [0.717, 1.165) is 17.5 Å². The first-order chi connectivity index (χ1) is 5.95. The number of nitrogens with one attached hydrogen (secondary N) is 1. The molecule has 3 heteroatoms. The van der Waals surface area contributed by atoms with Crippen LogP contribution in [0.2, 0.25) is 0 Å². The molecule has 0 fully saturated rings. The van der Waals surface area contributed by atoms with Crippen LogP contribution in [0.5, 0.6) is 0 Å². The third kappa shape index (κ3) is 2.44. The Kier molecular flexibility index (Phi) is 2.96. The topological polar surface area (TPSA) is 20.7 Å². The number of aromatic nitrogens is 2. The van der Waals surface area contributed by atoms with Crippen LogP contribution < -0.4 is 0 Å². The average Bonchev–Trinajstić information content (AvgIpc) is 2.30. The van der Waals surface area contributed by atoms with E-state index in [0.29, 0.717) is 0 Å². The third-order valence-electron chi connectivity index (χ3n) is 1.96. The van der Waals surface area contributed by atoms with Gasteiger partial charge < -0.3 is 5.10 Å². The lowest BCUT2D eigenvalue weighted by molar-refractivity contribution is 0.349. The molecule has 1 rings (SSSR count). The molecule has 74 valence electrons. The number of aromatic amines is 1. The summed E-state index contributed by atoms with van der Waals surface area (Å²) in [7, 11) is 0. The number of hydrogen-bond acceptors (Lipinski definition) is 1. The van der Waals surface area contributed by atoms with Gasteiger partial charge in [0.2, 0.25) is 0 Å². The molecule has 0 aliphatic carbocycles. The van der Waals surface area contributed by atoms with E-state index in [1.165, 1.54) is 5.69 Å². The van der Waals surface area contributed by atoms with E-state index in [1.807, 2.05) is 4.68 Å². The zero-order valence-corrected chi connectivity index (χ0v) is 9.66. The van der Waals surface area contributed by atoms with E-state index >= 15 is 0 Å². The molecule has 0 unspecified atom stereocenters. The molecular formula is C10H18N2S. The molecule has 0 saturated carbocycles. The summed E-state index contributed by atoms with van der Waals surface area (Å²) in [4.78, 5) is 0. The summed E-state index contributed by atoms with van der Waals surface area (Å²) in [6, 6.07) is 2.06. The fourth-order valence-electron chi connectivity index (χ4n) is 1.34. The fourth-order valence-corrected chi connectivity index (χ4v) is 1.80. The van der Waals surface area contributed by atoms with Crippen LogP contribution in [0.3, 0.4) is 0 Å². The Morgan fingerprint density at radius 3 is 2.46 bits per heavy atom. The summed E-state index contributed by atoms with van der Waals surface area (Å²) >= 11 is 5.27. The Morgan fingerprint density at radius 2 is 2.08 bits per heavy atom. The van der Waals surface area contributed by atoms with Crippen molar-refractivity contribution in [3.05, 3.63) is 16.4 Å². The standard InChI is InChI=1S/C10H18N2S/c1-5-6-8-7-9(13)12(11-8)10(2,3)4/h7,11H,5-6H2,1-4H3. The number of rotatable bonds is 2. The minimum Gasteiger partial charge on any atom is -0.301 e. The van der Waals surface area contributed by atoms with Gasteiger partial charge in [-0.3, -0.25) is 4.68 Å². The Morgan fingerprint density at radius 1 is 1.46 bits per heavy atom. The van der Waals surface area contributed by atoms with Crippen LogP contribution in [0, 0.1) is 4.64 Å². The number of aryl methyl sites for hydroxylation is 1. The summed E-state index contributed by atoms with van der Waals surface area (Å²) < 4.78 is 2.95. The van der Waals surface area contributed by atoms with Crippen LogP contribution in [0.4, 0.5) is 0 Å². The molecule has 1 heterocycles. The second-order valence-corrected chi connectivity index (χ2v) is 4.79. The zero-order chi connectivity index (χ0) is 10.1. The van der Waals surface area contributed by atoms with Gasteiger partial charge in [0.1, 0.15) is 4.64 Å². The van der Waals surface area contributed by atoms with Gasteiger partial charge in [0.25, 0.3) is 0 Å². The van der Waals surface area contributed by atoms with E-state index in [2.05, 4.69) is 38.9 Å². The quantitative estimate of drug-likeness (QED) is 0.723. The highest BCUT2D eigenvalue weighted by atomic mass is 32.1. The Labute approximate surface area is 85.0 Å². The van der Waals surface area contributed by atoms with Crippen molar-refractivity contribution in [3.8, 4) is 0 Å². The zero-order valence-electron chi connectivity index (χ0n) is 8.85. The molecule has 13 heavy (non-hydrogen) atoms. The first kappa shape index (κ1) is 10.5. The van der Waals surface area contributed by atoms with Gasteiger partial charge in [0, 0.05) is 5.69 Å². The summed E-state index contributed by atoms with van der Waals surface area (Å²) in [5.74, 6) is 0. The van der Waals surface area contributed by atoms with Crippen LogP contribution in [-0.2, 0) is 12.0 Å². The lowest BCUT2D eigenvalue weighted by Gasteiger charge is -2.20. The van der Waals surface area contributed by atoms with Gasteiger partial charge in [0.15, 0.2) is 0 Å². The highest BCUT2D eigenvalue weighted by Gasteiger charge is 2.14. The van der Waals surface area contributed by atoms with Crippen molar-refractivity contribution in [3.63, 3.8) is 0 Å². The van der Waals surface area contributed by atoms with Crippen molar-refractivity contribution in [1.82, 2.24) is 9.78 Å². The predicted molar refractivity (Wildman–Crippen MR) is 58.6 cm³/mol. The molecule has 0 aromatic carbocycles. The Balaban J connectivity index is 3.04. The number of H-pyrrole nitrogens is 1. The molecule has 0 aliphatic heterocycles. The van der Waals surface area contributed by atoms with Crippen LogP contribution in [0.15, 0.2) is 6.07 Å². The second-order valence-electron chi connectivity index (χ2n) is 4.38. The minimum atomic E-state index is 0.0586. The molecule has 0 saturated heterocycles. The van der Waals surface area contributed by atoms with Crippen molar-refractivity contribution < 1.29 is 0 Å². The molecule has 0 amide bonds. The molecule has 0 spiro atoms. The van der Waals surface area contributed by atoms with Gasteiger partial charge in [-0.15, -0.1) is 0 Å². The minimum absolute atomic E-state index is 0.0586. The van der Waals surface area contributed by atoms with E-state index in [4.69, 9.17) is 12.2 Å². The third-order valence-corrected chi connectivity index (χ3v) is 2.26. The van der Waals surface area contributed by atoms with Crippen molar-refractivity contribution in [1.29, 1.82) is 0 Å². The van der Waals surface area contributed by atoms with Crippen LogP contribution in [-0.4, -0.2) is 9.78 Å². The normalized spacial score (nSPS) is 12.0. The predicted octanol–water partition coefficient (Wildman–Crippen LogP) is 3.25. The molecule has 0 atom stereocenters. The maximum absolute atomic E-state index is 5.27. The highest BCUT2D eigenvalue weighted by Crippen LogP contribution is 2.14. The van der Waals surface area contributed by atoms with Gasteiger partial charge in [-0.1, -0.05) is 25.6 Å². The summed E-state index contributed by atoms with van der Waals surface area (Å²) in [6.07, 6.45) is 2.23. The van der Waals surface area contributed by atoms with Gasteiger partial charge in [-0.25, -0.2) is 0 Å². The first-order valence-electron chi connectivity index (χ1n) is 4.76. The van der Waals surface area contributed by atoms with Gasteiger partial charge >= 0.3 is 0 Å². The van der Waals surface area contributed by atoms with Crippen molar-refractivity contribution in [2.24, 2.45) is 0 Å². The van der Waals surface area contributed by atoms with E-state index in [-0.39, 0.29) is 5.54 Å². The van der Waals surface area contributed by atoms with Crippen LogP contribution in [0.1, 0.15) is 39.8 Å². The van der Waals surface area contributed by atoms with E-state index in [1.54, 1.807) is 0 Å². The smallest absolute Gasteiger partial charge is 0.122 e. The summed E-state index contributed by atoms with van der Waals surface area (Å²) in [6.45, 7) is 8.62. The van der Waals surface area contributed by atoms with Gasteiger partial charge in [-0.05, 0) is 33.3 Å². The summed E-state index contributed by atoms with van der Waals surface area (Å²) in [5.41, 5.74) is 1.30. The number of hydrogen-bond donors (Lipinski definition) is 1. The SMILES string of the molecule is CCCc1cc(=S)n(C(C)(C)C)[nH]1. The first-order valence-corrected chi connectivity index (χ1v) is 5.17. The van der Waals surface area contributed by atoms with Crippen molar-refractivity contribution in [2.45, 2.75) is 46.1 Å². The molecular weight excluding hydrogens is 180 g/mol. The molecule has 1 aromatic heterocycles.